The largest absolute Gasteiger partial charge is 0.457 e. The zero-order valence-electron chi connectivity index (χ0n) is 38.7. The molecule has 0 rings (SSSR count). The number of carbonyl (C=O) groups is 1. The van der Waals surface area contributed by atoms with Crippen LogP contribution >= 0.6 is 0 Å². The Morgan fingerprint density at radius 1 is 0.424 bits per heavy atom. The molecular formula is C55H94O4. The molecule has 0 aliphatic carbocycles. The van der Waals surface area contributed by atoms with Crippen LogP contribution in [0.3, 0.4) is 0 Å². The lowest BCUT2D eigenvalue weighted by Crippen LogP contribution is -2.27. The molecular weight excluding hydrogens is 725 g/mol. The number of hydrogen-bond donors (Lipinski definition) is 1. The van der Waals surface area contributed by atoms with E-state index in [2.05, 4.69) is 111 Å². The highest BCUT2D eigenvalue weighted by molar-refractivity contribution is 5.69. The zero-order chi connectivity index (χ0) is 42.6. The number of allylic oxidation sites excluding steroid dienone is 16. The van der Waals surface area contributed by atoms with Crippen molar-refractivity contribution >= 4 is 5.97 Å². The fourth-order valence-electron chi connectivity index (χ4n) is 6.71. The summed E-state index contributed by atoms with van der Waals surface area (Å²) in [5, 5.41) is 9.65. The van der Waals surface area contributed by atoms with E-state index in [9.17, 15) is 9.90 Å². The Kier molecular flexibility index (Phi) is 49.1. The molecule has 0 spiro atoms. The summed E-state index contributed by atoms with van der Waals surface area (Å²) in [4.78, 5) is 12.3. The first kappa shape index (κ1) is 56.3. The van der Waals surface area contributed by atoms with Crippen molar-refractivity contribution in [2.24, 2.45) is 0 Å². The van der Waals surface area contributed by atoms with Crippen molar-refractivity contribution < 1.29 is 19.4 Å². The van der Waals surface area contributed by atoms with Gasteiger partial charge in [0.05, 0.1) is 13.2 Å². The van der Waals surface area contributed by atoms with Gasteiger partial charge in [0.15, 0.2) is 0 Å². The summed E-state index contributed by atoms with van der Waals surface area (Å²) in [7, 11) is 0. The zero-order valence-corrected chi connectivity index (χ0v) is 38.7. The highest BCUT2D eigenvalue weighted by Crippen LogP contribution is 2.13. The summed E-state index contributed by atoms with van der Waals surface area (Å²) in [6.07, 6.45) is 73.4. The Hall–Kier alpha value is -2.69. The molecule has 0 aliphatic rings. The maximum Gasteiger partial charge on any atom is 0.306 e. The van der Waals surface area contributed by atoms with Crippen LogP contribution in [0.5, 0.6) is 0 Å². The Balaban J connectivity index is 3.51. The molecule has 1 unspecified atom stereocenters. The Bertz CT molecular complexity index is 1090. The summed E-state index contributed by atoms with van der Waals surface area (Å²) >= 11 is 0. The van der Waals surface area contributed by atoms with Gasteiger partial charge in [0.25, 0.3) is 0 Å². The first-order valence-corrected chi connectivity index (χ1v) is 24.8. The molecule has 0 saturated carbocycles. The minimum Gasteiger partial charge on any atom is -0.457 e. The van der Waals surface area contributed by atoms with Gasteiger partial charge in [-0.1, -0.05) is 214 Å². The third-order valence-electron chi connectivity index (χ3n) is 10.4. The average molecular weight is 819 g/mol. The molecule has 0 saturated heterocycles. The van der Waals surface area contributed by atoms with Crippen LogP contribution in [0.2, 0.25) is 0 Å². The van der Waals surface area contributed by atoms with Gasteiger partial charge in [-0.3, -0.25) is 4.79 Å². The van der Waals surface area contributed by atoms with Crippen molar-refractivity contribution in [3.8, 4) is 0 Å². The van der Waals surface area contributed by atoms with Crippen LogP contribution in [-0.2, 0) is 14.3 Å². The van der Waals surface area contributed by atoms with E-state index in [1.807, 2.05) is 0 Å². The SMILES string of the molecule is CC/C=C\C/C=C\C/C=C\C/C=C\C/C=C\C/C=C\CCCCCCCCC(=O)OC(CO)COCCCCCCCCCCCC/C=C\C/C=C\CCCCCCC. The molecule has 0 bridgehead atoms. The lowest BCUT2D eigenvalue weighted by atomic mass is 10.1. The molecule has 59 heavy (non-hydrogen) atoms. The van der Waals surface area contributed by atoms with Gasteiger partial charge < -0.3 is 14.6 Å². The molecule has 0 amide bonds. The molecule has 0 aliphatic heterocycles. The summed E-state index contributed by atoms with van der Waals surface area (Å²) < 4.78 is 11.2. The quantitative estimate of drug-likeness (QED) is 0.0378. The smallest absolute Gasteiger partial charge is 0.306 e. The Morgan fingerprint density at radius 3 is 1.15 bits per heavy atom. The number of aliphatic hydroxyl groups is 1. The Morgan fingerprint density at radius 2 is 0.763 bits per heavy atom. The van der Waals surface area contributed by atoms with Gasteiger partial charge in [-0.05, 0) is 96.3 Å². The lowest BCUT2D eigenvalue weighted by molar-refractivity contribution is -0.154. The van der Waals surface area contributed by atoms with Crippen LogP contribution in [-0.4, -0.2) is 37.0 Å². The van der Waals surface area contributed by atoms with E-state index in [-0.39, 0.29) is 19.2 Å². The third-order valence-corrected chi connectivity index (χ3v) is 10.4. The van der Waals surface area contributed by atoms with E-state index < -0.39 is 6.10 Å². The molecule has 1 N–H and O–H groups in total. The van der Waals surface area contributed by atoms with Gasteiger partial charge in [-0.15, -0.1) is 0 Å². The fraction of sp³-hybridized carbons (Fsp3) is 0.691. The normalized spacial score (nSPS) is 13.2. The van der Waals surface area contributed by atoms with Crippen LogP contribution in [0.1, 0.15) is 219 Å². The molecule has 0 radical (unpaired) electrons. The molecule has 4 nitrogen and oxygen atoms in total. The second-order valence-electron chi connectivity index (χ2n) is 16.2. The highest BCUT2D eigenvalue weighted by atomic mass is 16.6. The monoisotopic (exact) mass is 819 g/mol. The molecule has 0 aromatic carbocycles. The van der Waals surface area contributed by atoms with Crippen LogP contribution in [0.25, 0.3) is 0 Å². The predicted molar refractivity (Wildman–Crippen MR) is 260 cm³/mol. The first-order chi connectivity index (χ1) is 29.2. The van der Waals surface area contributed by atoms with Gasteiger partial charge in [0.2, 0.25) is 0 Å². The number of rotatable bonds is 45. The van der Waals surface area contributed by atoms with Gasteiger partial charge >= 0.3 is 5.97 Å². The van der Waals surface area contributed by atoms with Gasteiger partial charge in [0.1, 0.15) is 6.10 Å². The van der Waals surface area contributed by atoms with Crippen molar-refractivity contribution in [3.05, 3.63) is 97.2 Å². The molecule has 0 aromatic heterocycles. The van der Waals surface area contributed by atoms with E-state index in [0.717, 1.165) is 77.0 Å². The standard InChI is InChI=1S/C55H94O4/c1-3-5-7-9-11-13-15-17-19-21-23-25-27-28-29-30-32-34-36-38-40-42-44-46-48-50-55(57)59-54(52-56)53-58-51-49-47-45-43-41-39-37-35-33-31-26-24-22-20-18-16-14-12-10-8-6-4-2/h5,7,11,13,16-19,22-25,28-29,32,34,54,56H,3-4,6,8-10,12,14-15,20-21,26-27,30-31,33,35-53H2,1-2H3/b7-5-,13-11-,18-16-,19-17-,24-22-,25-23-,29-28-,34-32-. The number of carbonyl (C=O) groups excluding carboxylic acids is 1. The lowest BCUT2D eigenvalue weighted by Gasteiger charge is -2.15. The fourth-order valence-corrected chi connectivity index (χ4v) is 6.71. The highest BCUT2D eigenvalue weighted by Gasteiger charge is 2.13. The van der Waals surface area contributed by atoms with Crippen LogP contribution in [0.4, 0.5) is 0 Å². The van der Waals surface area contributed by atoms with E-state index in [4.69, 9.17) is 9.47 Å². The molecule has 4 heteroatoms. The maximum absolute atomic E-state index is 12.3. The summed E-state index contributed by atoms with van der Waals surface area (Å²) in [6.45, 7) is 5.20. The summed E-state index contributed by atoms with van der Waals surface area (Å²) in [5.41, 5.74) is 0. The third kappa shape index (κ3) is 49.6. The van der Waals surface area contributed by atoms with E-state index in [1.165, 1.54) is 122 Å². The minimum absolute atomic E-state index is 0.184. The second kappa shape index (κ2) is 51.5. The molecule has 0 heterocycles. The predicted octanol–water partition coefficient (Wildman–Crippen LogP) is 16.9. The van der Waals surface area contributed by atoms with E-state index in [1.54, 1.807) is 0 Å². The minimum atomic E-state index is -0.551. The number of hydrogen-bond acceptors (Lipinski definition) is 4. The van der Waals surface area contributed by atoms with Crippen molar-refractivity contribution in [3.63, 3.8) is 0 Å². The Labute approximate surface area is 366 Å². The second-order valence-corrected chi connectivity index (χ2v) is 16.2. The van der Waals surface area contributed by atoms with E-state index in [0.29, 0.717) is 13.0 Å². The van der Waals surface area contributed by atoms with Gasteiger partial charge in [0, 0.05) is 13.0 Å². The van der Waals surface area contributed by atoms with Gasteiger partial charge in [-0.25, -0.2) is 0 Å². The summed E-state index contributed by atoms with van der Waals surface area (Å²) in [5.74, 6) is -0.218. The summed E-state index contributed by atoms with van der Waals surface area (Å²) in [6, 6.07) is 0. The van der Waals surface area contributed by atoms with Crippen LogP contribution < -0.4 is 0 Å². The van der Waals surface area contributed by atoms with Crippen molar-refractivity contribution in [2.45, 2.75) is 225 Å². The number of aliphatic hydroxyl groups excluding tert-OH is 1. The number of unbranched alkanes of at least 4 members (excludes halogenated alkanes) is 21. The van der Waals surface area contributed by atoms with Crippen molar-refractivity contribution in [1.29, 1.82) is 0 Å². The average Bonchev–Trinajstić information content (AvgIpc) is 3.24. The molecule has 0 fully saturated rings. The van der Waals surface area contributed by atoms with E-state index >= 15 is 0 Å². The first-order valence-electron chi connectivity index (χ1n) is 24.8. The molecule has 0 aromatic rings. The van der Waals surface area contributed by atoms with Crippen molar-refractivity contribution in [2.75, 3.05) is 19.8 Å². The topological polar surface area (TPSA) is 55.8 Å². The number of esters is 1. The van der Waals surface area contributed by atoms with Crippen LogP contribution in [0.15, 0.2) is 97.2 Å². The maximum atomic E-state index is 12.3. The van der Waals surface area contributed by atoms with Gasteiger partial charge in [-0.2, -0.15) is 0 Å². The molecule has 338 valence electrons. The van der Waals surface area contributed by atoms with Crippen LogP contribution in [0, 0.1) is 0 Å². The van der Waals surface area contributed by atoms with Crippen molar-refractivity contribution in [1.82, 2.24) is 0 Å². The number of ether oxygens (including phenoxy) is 2. The molecule has 1 atom stereocenters.